The van der Waals surface area contributed by atoms with Gasteiger partial charge in [0.05, 0.1) is 0 Å². The Kier molecular flexibility index (Phi) is 2.91. The second kappa shape index (κ2) is 3.91. The Balaban J connectivity index is 2.48. The van der Waals surface area contributed by atoms with Gasteiger partial charge >= 0.3 is 0 Å². The molecule has 2 rings (SSSR count). The Morgan fingerprint density at radius 3 is 2.33 bits per heavy atom. The van der Waals surface area contributed by atoms with Gasteiger partial charge in [-0.05, 0) is 49.4 Å². The van der Waals surface area contributed by atoms with Crippen LogP contribution in [0.4, 0.5) is 0 Å². The first kappa shape index (κ1) is 11.2. The highest BCUT2D eigenvalue weighted by Gasteiger charge is 2.32. The fourth-order valence-corrected chi connectivity index (χ4v) is 2.98. The molecule has 2 N–H and O–H groups in total. The zero-order valence-electron chi connectivity index (χ0n) is 9.44. The summed E-state index contributed by atoms with van der Waals surface area (Å²) in [5, 5.41) is 0. The van der Waals surface area contributed by atoms with E-state index >= 15 is 0 Å². The molecule has 0 saturated heterocycles. The molecule has 2 heteroatoms. The highest BCUT2D eigenvalue weighted by Crippen LogP contribution is 2.39. The third-order valence-corrected chi connectivity index (χ3v) is 4.39. The normalized spacial score (nSPS) is 19.5. The van der Waals surface area contributed by atoms with Crippen LogP contribution in [0.1, 0.15) is 42.4 Å². The van der Waals surface area contributed by atoms with E-state index in [1.807, 2.05) is 0 Å². The van der Waals surface area contributed by atoms with Gasteiger partial charge in [-0.1, -0.05) is 34.8 Å². The molecule has 0 radical (unpaired) electrons. The minimum absolute atomic E-state index is 0.0691. The molecule has 1 aliphatic rings. The van der Waals surface area contributed by atoms with Crippen molar-refractivity contribution in [1.29, 1.82) is 0 Å². The summed E-state index contributed by atoms with van der Waals surface area (Å²) in [7, 11) is 0. The lowest BCUT2D eigenvalue weighted by Crippen LogP contribution is -2.34. The molecule has 1 fully saturated rings. The number of nitrogens with two attached hydrogens (primary N) is 1. The molecule has 1 aromatic carbocycles. The molecule has 1 saturated carbocycles. The Hall–Kier alpha value is -0.340. The van der Waals surface area contributed by atoms with E-state index in [1.54, 1.807) is 0 Å². The van der Waals surface area contributed by atoms with Crippen LogP contribution in [-0.4, -0.2) is 0 Å². The van der Waals surface area contributed by atoms with Gasteiger partial charge in [0, 0.05) is 10.0 Å². The zero-order chi connectivity index (χ0) is 11.1. The molecule has 1 nitrogen and oxygen atoms in total. The number of hydrogen-bond donors (Lipinski definition) is 1. The topological polar surface area (TPSA) is 26.0 Å². The largest absolute Gasteiger partial charge is 0.321 e. The average molecular weight is 268 g/mol. The summed E-state index contributed by atoms with van der Waals surface area (Å²) < 4.78 is 1.18. The molecular formula is C13H18BrN. The standard InChI is InChI=1S/C13H18BrN/c1-9-7-10(2)12(14)8-11(9)13(15)5-3-4-6-13/h7-8H,3-6,15H2,1-2H3. The van der Waals surface area contributed by atoms with Crippen LogP contribution in [-0.2, 0) is 5.54 Å². The van der Waals surface area contributed by atoms with E-state index in [2.05, 4.69) is 41.9 Å². The molecule has 0 bridgehead atoms. The van der Waals surface area contributed by atoms with Gasteiger partial charge in [-0.25, -0.2) is 0 Å². The van der Waals surface area contributed by atoms with E-state index in [4.69, 9.17) is 5.73 Å². The Morgan fingerprint density at radius 2 is 1.73 bits per heavy atom. The molecule has 15 heavy (non-hydrogen) atoms. The maximum absolute atomic E-state index is 6.48. The van der Waals surface area contributed by atoms with Crippen molar-refractivity contribution in [1.82, 2.24) is 0 Å². The average Bonchev–Trinajstić information content (AvgIpc) is 2.60. The lowest BCUT2D eigenvalue weighted by atomic mass is 9.86. The summed E-state index contributed by atoms with van der Waals surface area (Å²) in [6.07, 6.45) is 4.79. The number of halogens is 1. The van der Waals surface area contributed by atoms with Crippen molar-refractivity contribution >= 4 is 15.9 Å². The van der Waals surface area contributed by atoms with Crippen molar-refractivity contribution in [2.75, 3.05) is 0 Å². The lowest BCUT2D eigenvalue weighted by Gasteiger charge is -2.27. The summed E-state index contributed by atoms with van der Waals surface area (Å²) in [6.45, 7) is 4.29. The highest BCUT2D eigenvalue weighted by molar-refractivity contribution is 9.10. The van der Waals surface area contributed by atoms with Crippen LogP contribution >= 0.6 is 15.9 Å². The summed E-state index contributed by atoms with van der Waals surface area (Å²) in [5.74, 6) is 0. The van der Waals surface area contributed by atoms with Gasteiger partial charge in [-0.2, -0.15) is 0 Å². The van der Waals surface area contributed by atoms with E-state index in [1.165, 1.54) is 34.0 Å². The van der Waals surface area contributed by atoms with Crippen LogP contribution in [0.15, 0.2) is 16.6 Å². The molecule has 0 atom stereocenters. The third-order valence-electron chi connectivity index (χ3n) is 3.54. The van der Waals surface area contributed by atoms with Gasteiger partial charge in [0.15, 0.2) is 0 Å². The molecule has 1 aromatic rings. The van der Waals surface area contributed by atoms with Gasteiger partial charge in [0.25, 0.3) is 0 Å². The SMILES string of the molecule is Cc1cc(C)c(C2(N)CCCC2)cc1Br. The van der Waals surface area contributed by atoms with Gasteiger partial charge < -0.3 is 5.73 Å². The first-order valence-electron chi connectivity index (χ1n) is 5.59. The van der Waals surface area contributed by atoms with Gasteiger partial charge in [0.1, 0.15) is 0 Å². The van der Waals surface area contributed by atoms with Gasteiger partial charge in [0.2, 0.25) is 0 Å². The van der Waals surface area contributed by atoms with Crippen molar-refractivity contribution in [3.63, 3.8) is 0 Å². The smallest absolute Gasteiger partial charge is 0.0412 e. The predicted molar refractivity (Wildman–Crippen MR) is 67.9 cm³/mol. The van der Waals surface area contributed by atoms with Crippen LogP contribution in [0.25, 0.3) is 0 Å². The van der Waals surface area contributed by atoms with Crippen LogP contribution in [0, 0.1) is 13.8 Å². The third kappa shape index (κ3) is 1.98. The fourth-order valence-electron chi connectivity index (χ4n) is 2.64. The summed E-state index contributed by atoms with van der Waals surface area (Å²) >= 11 is 3.60. The zero-order valence-corrected chi connectivity index (χ0v) is 11.0. The monoisotopic (exact) mass is 267 g/mol. The molecule has 1 aliphatic carbocycles. The van der Waals surface area contributed by atoms with E-state index in [9.17, 15) is 0 Å². The first-order chi connectivity index (χ1) is 7.03. The molecular weight excluding hydrogens is 250 g/mol. The van der Waals surface area contributed by atoms with Crippen LogP contribution in [0.2, 0.25) is 0 Å². The lowest BCUT2D eigenvalue weighted by molar-refractivity contribution is 0.459. The minimum Gasteiger partial charge on any atom is -0.321 e. The van der Waals surface area contributed by atoms with Crippen molar-refractivity contribution in [2.45, 2.75) is 45.1 Å². The Bertz CT molecular complexity index is 378. The Morgan fingerprint density at radius 1 is 1.13 bits per heavy atom. The summed E-state index contributed by atoms with van der Waals surface area (Å²) in [4.78, 5) is 0. The van der Waals surface area contributed by atoms with Crippen molar-refractivity contribution < 1.29 is 0 Å². The molecule has 82 valence electrons. The van der Waals surface area contributed by atoms with Crippen molar-refractivity contribution in [2.24, 2.45) is 5.73 Å². The molecule has 0 aliphatic heterocycles. The number of benzene rings is 1. The van der Waals surface area contributed by atoms with Crippen molar-refractivity contribution in [3.8, 4) is 0 Å². The summed E-state index contributed by atoms with van der Waals surface area (Å²) in [6, 6.07) is 4.45. The quantitative estimate of drug-likeness (QED) is 0.823. The maximum atomic E-state index is 6.48. The minimum atomic E-state index is -0.0691. The van der Waals surface area contributed by atoms with E-state index in [0.717, 1.165) is 12.8 Å². The molecule has 0 unspecified atom stereocenters. The van der Waals surface area contributed by atoms with Crippen LogP contribution in [0.3, 0.4) is 0 Å². The summed E-state index contributed by atoms with van der Waals surface area (Å²) in [5.41, 5.74) is 10.4. The number of aryl methyl sites for hydroxylation is 2. The fraction of sp³-hybridized carbons (Fsp3) is 0.538. The van der Waals surface area contributed by atoms with E-state index in [-0.39, 0.29) is 5.54 Å². The van der Waals surface area contributed by atoms with E-state index in [0.29, 0.717) is 0 Å². The molecule has 0 amide bonds. The Labute approximate surface area is 100 Å². The van der Waals surface area contributed by atoms with Crippen LogP contribution < -0.4 is 5.73 Å². The van der Waals surface area contributed by atoms with Gasteiger partial charge in [-0.3, -0.25) is 0 Å². The van der Waals surface area contributed by atoms with Crippen LogP contribution in [0.5, 0.6) is 0 Å². The first-order valence-corrected chi connectivity index (χ1v) is 6.38. The van der Waals surface area contributed by atoms with Crippen molar-refractivity contribution in [3.05, 3.63) is 33.3 Å². The predicted octanol–water partition coefficient (Wildman–Crippen LogP) is 3.79. The number of rotatable bonds is 1. The molecule has 0 spiro atoms. The second-order valence-corrected chi connectivity index (χ2v) is 5.63. The highest BCUT2D eigenvalue weighted by atomic mass is 79.9. The van der Waals surface area contributed by atoms with Gasteiger partial charge in [-0.15, -0.1) is 0 Å². The molecule has 0 aromatic heterocycles. The maximum Gasteiger partial charge on any atom is 0.0412 e. The molecule has 0 heterocycles. The van der Waals surface area contributed by atoms with E-state index < -0.39 is 0 Å². The second-order valence-electron chi connectivity index (χ2n) is 4.78. The number of hydrogen-bond acceptors (Lipinski definition) is 1.